The Kier molecular flexibility index (Phi) is 3.63. The summed E-state index contributed by atoms with van der Waals surface area (Å²) in [4.78, 5) is 19.6. The third-order valence-electron chi connectivity index (χ3n) is 2.55. The van der Waals surface area contributed by atoms with Crippen LogP contribution in [0.5, 0.6) is 0 Å². The van der Waals surface area contributed by atoms with Crippen LogP contribution in [0, 0.1) is 0 Å². The summed E-state index contributed by atoms with van der Waals surface area (Å²) in [5, 5.41) is 17.6. The summed E-state index contributed by atoms with van der Waals surface area (Å²) in [6.07, 6.45) is 1.75. The highest BCUT2D eigenvalue weighted by Crippen LogP contribution is 2.27. The van der Waals surface area contributed by atoms with Crippen LogP contribution in [0.4, 0.5) is 5.13 Å². The van der Waals surface area contributed by atoms with Crippen molar-refractivity contribution in [3.63, 3.8) is 0 Å². The van der Waals surface area contributed by atoms with E-state index >= 15 is 0 Å². The average Bonchev–Trinajstić information content (AvgIpc) is 2.97. The maximum absolute atomic E-state index is 11.1. The molecule has 0 aliphatic carbocycles. The number of thiazole rings is 2. The lowest BCUT2D eigenvalue weighted by Crippen LogP contribution is -2.28. The first-order valence-electron chi connectivity index (χ1n) is 5.32. The van der Waals surface area contributed by atoms with Crippen LogP contribution in [0.2, 0.25) is 0 Å². The van der Waals surface area contributed by atoms with Gasteiger partial charge in [0, 0.05) is 17.0 Å². The number of carbonyl (C=O) groups is 1. The van der Waals surface area contributed by atoms with Crippen LogP contribution in [0.3, 0.4) is 0 Å². The van der Waals surface area contributed by atoms with E-state index in [0.29, 0.717) is 12.2 Å². The molecule has 0 spiro atoms. The smallest absolute Gasteiger partial charge is 0.315 e. The van der Waals surface area contributed by atoms with Gasteiger partial charge in [0.2, 0.25) is 0 Å². The van der Waals surface area contributed by atoms with Crippen molar-refractivity contribution in [1.82, 2.24) is 9.97 Å². The van der Waals surface area contributed by atoms with Crippen molar-refractivity contribution in [2.45, 2.75) is 25.8 Å². The Morgan fingerprint density at radius 3 is 2.89 bits per heavy atom. The van der Waals surface area contributed by atoms with Gasteiger partial charge in [-0.2, -0.15) is 0 Å². The molecule has 0 radical (unpaired) electrons. The minimum absolute atomic E-state index is 0.571. The minimum atomic E-state index is -0.961. The highest BCUT2D eigenvalue weighted by molar-refractivity contribution is 7.13. The highest BCUT2D eigenvalue weighted by Gasteiger charge is 2.32. The third kappa shape index (κ3) is 2.68. The highest BCUT2D eigenvalue weighted by atomic mass is 32.1. The van der Waals surface area contributed by atoms with Gasteiger partial charge < -0.3 is 10.4 Å². The fourth-order valence-electron chi connectivity index (χ4n) is 1.24. The first kappa shape index (κ1) is 13.0. The molecule has 2 rings (SSSR count). The van der Waals surface area contributed by atoms with Crippen LogP contribution in [0.1, 0.15) is 24.5 Å². The molecule has 0 saturated heterocycles. The minimum Gasteiger partial charge on any atom is -0.481 e. The first-order valence-corrected chi connectivity index (χ1v) is 7.07. The van der Waals surface area contributed by atoms with Gasteiger partial charge in [-0.05, 0) is 13.8 Å². The van der Waals surface area contributed by atoms with Crippen LogP contribution in [0.25, 0.3) is 0 Å². The maximum Gasteiger partial charge on any atom is 0.315 e. The lowest BCUT2D eigenvalue weighted by atomic mass is 9.90. The number of nitrogens with zero attached hydrogens (tertiary/aromatic N) is 2. The number of anilines is 1. The fourth-order valence-corrected chi connectivity index (χ4v) is 2.68. The summed E-state index contributed by atoms with van der Waals surface area (Å²) >= 11 is 2.98. The van der Waals surface area contributed by atoms with Crippen LogP contribution in [-0.4, -0.2) is 21.0 Å². The topological polar surface area (TPSA) is 75.1 Å². The lowest BCUT2D eigenvalue weighted by molar-refractivity contribution is -0.142. The second-order valence-corrected chi connectivity index (χ2v) is 6.08. The second kappa shape index (κ2) is 5.03. The standard InChI is InChI=1S/C11H13N3O2S2/c1-11(2,9(15)16)7-6-18-10(14-7)13-5-8-12-3-4-17-8/h3-4,6H,5H2,1-2H3,(H,13,14)(H,15,16). The molecule has 2 aromatic rings. The van der Waals surface area contributed by atoms with E-state index in [1.807, 2.05) is 5.38 Å². The summed E-state index contributed by atoms with van der Waals surface area (Å²) in [7, 11) is 0. The van der Waals surface area contributed by atoms with Gasteiger partial charge in [0.15, 0.2) is 5.13 Å². The number of hydrogen-bond donors (Lipinski definition) is 2. The van der Waals surface area contributed by atoms with Crippen LogP contribution in [-0.2, 0) is 16.8 Å². The second-order valence-electron chi connectivity index (χ2n) is 4.25. The van der Waals surface area contributed by atoms with Crippen molar-refractivity contribution in [3.05, 3.63) is 27.7 Å². The van der Waals surface area contributed by atoms with Gasteiger partial charge in [-0.3, -0.25) is 4.79 Å². The molecular weight excluding hydrogens is 270 g/mol. The summed E-state index contributed by atoms with van der Waals surface area (Å²) < 4.78 is 0. The van der Waals surface area contributed by atoms with E-state index in [4.69, 9.17) is 5.11 Å². The van der Waals surface area contributed by atoms with E-state index in [1.165, 1.54) is 11.3 Å². The van der Waals surface area contributed by atoms with Crippen molar-refractivity contribution in [2.24, 2.45) is 0 Å². The number of rotatable bonds is 5. The fraction of sp³-hybridized carbons (Fsp3) is 0.364. The van der Waals surface area contributed by atoms with E-state index in [-0.39, 0.29) is 0 Å². The number of nitrogens with one attached hydrogen (secondary N) is 1. The van der Waals surface area contributed by atoms with Crippen molar-refractivity contribution in [1.29, 1.82) is 0 Å². The van der Waals surface area contributed by atoms with Gasteiger partial charge in [-0.1, -0.05) is 0 Å². The average molecular weight is 283 g/mol. The molecule has 2 N–H and O–H groups in total. The Morgan fingerprint density at radius 2 is 2.28 bits per heavy atom. The predicted molar refractivity (Wildman–Crippen MR) is 72.2 cm³/mol. The quantitative estimate of drug-likeness (QED) is 0.882. The zero-order valence-electron chi connectivity index (χ0n) is 10.0. The number of carboxylic acids is 1. The van der Waals surface area contributed by atoms with Crippen LogP contribution in [0.15, 0.2) is 17.0 Å². The molecule has 0 bridgehead atoms. The summed E-state index contributed by atoms with van der Waals surface area (Å²) in [6.45, 7) is 3.90. The van der Waals surface area contributed by atoms with Gasteiger partial charge in [0.1, 0.15) is 10.4 Å². The van der Waals surface area contributed by atoms with Gasteiger partial charge in [-0.15, -0.1) is 22.7 Å². The Bertz CT molecular complexity index is 534. The Labute approximate surface area is 113 Å². The van der Waals surface area contributed by atoms with E-state index < -0.39 is 11.4 Å². The van der Waals surface area contributed by atoms with Crippen molar-refractivity contribution in [3.8, 4) is 0 Å². The number of carboxylic acid groups (broad SMARTS) is 1. The molecule has 0 fully saturated rings. The zero-order valence-corrected chi connectivity index (χ0v) is 11.6. The van der Waals surface area contributed by atoms with E-state index in [0.717, 1.165) is 10.1 Å². The molecule has 2 heterocycles. The van der Waals surface area contributed by atoms with Crippen molar-refractivity contribution >= 4 is 33.8 Å². The summed E-state index contributed by atoms with van der Waals surface area (Å²) in [5.41, 5.74) is -0.390. The lowest BCUT2D eigenvalue weighted by Gasteiger charge is -2.15. The molecule has 96 valence electrons. The molecule has 0 unspecified atom stereocenters. The molecule has 0 aliphatic rings. The van der Waals surface area contributed by atoms with Gasteiger partial charge >= 0.3 is 5.97 Å². The largest absolute Gasteiger partial charge is 0.481 e. The molecule has 2 aromatic heterocycles. The van der Waals surface area contributed by atoms with Crippen LogP contribution < -0.4 is 5.32 Å². The number of hydrogen-bond acceptors (Lipinski definition) is 6. The number of aromatic nitrogens is 2. The molecule has 0 aliphatic heterocycles. The molecule has 0 aromatic carbocycles. The van der Waals surface area contributed by atoms with E-state index in [9.17, 15) is 4.79 Å². The molecule has 0 amide bonds. The molecular formula is C11H13N3O2S2. The Balaban J connectivity index is 2.04. The van der Waals surface area contributed by atoms with E-state index in [1.54, 1.807) is 36.8 Å². The normalized spacial score (nSPS) is 11.4. The Morgan fingerprint density at radius 1 is 1.50 bits per heavy atom. The molecule has 5 nitrogen and oxygen atoms in total. The monoisotopic (exact) mass is 283 g/mol. The van der Waals surface area contributed by atoms with Crippen LogP contribution >= 0.6 is 22.7 Å². The molecule has 7 heteroatoms. The summed E-state index contributed by atoms with van der Waals surface area (Å²) in [6, 6.07) is 0. The molecule has 0 saturated carbocycles. The van der Waals surface area contributed by atoms with Crippen molar-refractivity contribution in [2.75, 3.05) is 5.32 Å². The van der Waals surface area contributed by atoms with Crippen molar-refractivity contribution < 1.29 is 9.90 Å². The predicted octanol–water partition coefficient (Wildman–Crippen LogP) is 2.57. The molecule has 18 heavy (non-hydrogen) atoms. The van der Waals surface area contributed by atoms with Gasteiger partial charge in [0.25, 0.3) is 0 Å². The molecule has 0 atom stereocenters. The van der Waals surface area contributed by atoms with Gasteiger partial charge in [0.05, 0.1) is 12.2 Å². The first-order chi connectivity index (χ1) is 8.50. The Hall–Kier alpha value is -1.47. The third-order valence-corrected chi connectivity index (χ3v) is 4.13. The summed E-state index contributed by atoms with van der Waals surface area (Å²) in [5.74, 6) is -0.876. The van der Waals surface area contributed by atoms with Gasteiger partial charge in [-0.25, -0.2) is 9.97 Å². The SMILES string of the molecule is CC(C)(C(=O)O)c1csc(NCc2nccs2)n1. The zero-order chi connectivity index (χ0) is 13.2. The number of aliphatic carboxylic acids is 1. The van der Waals surface area contributed by atoms with E-state index in [2.05, 4.69) is 15.3 Å². The maximum atomic E-state index is 11.1.